The van der Waals surface area contributed by atoms with E-state index in [4.69, 9.17) is 21.4 Å². The molecule has 0 saturated carbocycles. The molecule has 4 aromatic rings. The lowest BCUT2D eigenvalue weighted by atomic mass is 9.98. The van der Waals surface area contributed by atoms with Crippen molar-refractivity contribution in [2.45, 2.75) is 29.7 Å². The standard InChI is InChI=1S/C30H23ClF4O3S/c1-18-14-23(12-13-27(18)38-17-29(36)37)39-28(16-24-25(31)6-3-7-26(24)32)20-10-8-19(9-11-20)21-4-2-5-22(15-21)30(33,34)35/h2-15,28H,16-17H2,1H3,(H,36,37). The number of carbonyl (C=O) groups is 1. The van der Waals surface area contributed by atoms with E-state index in [1.807, 2.05) is 18.2 Å². The van der Waals surface area contributed by atoms with E-state index in [1.165, 1.54) is 30.0 Å². The van der Waals surface area contributed by atoms with E-state index in [1.54, 1.807) is 43.3 Å². The van der Waals surface area contributed by atoms with Crippen LogP contribution >= 0.6 is 23.4 Å². The van der Waals surface area contributed by atoms with E-state index >= 15 is 0 Å². The second kappa shape index (κ2) is 12.1. The van der Waals surface area contributed by atoms with Gasteiger partial charge < -0.3 is 9.84 Å². The molecule has 0 aromatic heterocycles. The minimum absolute atomic E-state index is 0.259. The van der Waals surface area contributed by atoms with Crippen molar-refractivity contribution in [3.05, 3.63) is 118 Å². The van der Waals surface area contributed by atoms with Gasteiger partial charge in [-0.3, -0.25) is 0 Å². The number of thioether (sulfide) groups is 1. The van der Waals surface area contributed by atoms with E-state index in [0.29, 0.717) is 27.5 Å². The summed E-state index contributed by atoms with van der Waals surface area (Å²) in [7, 11) is 0. The zero-order valence-electron chi connectivity index (χ0n) is 20.6. The van der Waals surface area contributed by atoms with Crippen LogP contribution in [0.15, 0.2) is 89.8 Å². The molecule has 0 bridgehead atoms. The fourth-order valence-corrected chi connectivity index (χ4v) is 5.57. The smallest absolute Gasteiger partial charge is 0.416 e. The molecule has 0 saturated heterocycles. The van der Waals surface area contributed by atoms with E-state index in [0.717, 1.165) is 28.2 Å². The van der Waals surface area contributed by atoms with Crippen LogP contribution < -0.4 is 4.74 Å². The first-order valence-corrected chi connectivity index (χ1v) is 13.1. The van der Waals surface area contributed by atoms with Crippen LogP contribution in [0.5, 0.6) is 5.75 Å². The fraction of sp³-hybridized carbons (Fsp3) is 0.167. The maximum Gasteiger partial charge on any atom is 0.416 e. The van der Waals surface area contributed by atoms with E-state index in [9.17, 15) is 22.4 Å². The molecule has 0 fully saturated rings. The highest BCUT2D eigenvalue weighted by Gasteiger charge is 2.30. The molecule has 0 radical (unpaired) electrons. The molecule has 0 spiro atoms. The van der Waals surface area contributed by atoms with Gasteiger partial charge in [-0.05, 0) is 78.1 Å². The minimum Gasteiger partial charge on any atom is -0.482 e. The molecular weight excluding hydrogens is 552 g/mol. The van der Waals surface area contributed by atoms with Gasteiger partial charge in [0.2, 0.25) is 0 Å². The van der Waals surface area contributed by atoms with Crippen molar-refractivity contribution in [2.24, 2.45) is 0 Å². The third-order valence-corrected chi connectivity index (χ3v) is 7.64. The van der Waals surface area contributed by atoms with Gasteiger partial charge in [0.05, 0.1) is 5.56 Å². The number of carboxylic acids is 1. The maximum atomic E-state index is 14.7. The van der Waals surface area contributed by atoms with Crippen LogP contribution in [0.25, 0.3) is 11.1 Å². The highest BCUT2D eigenvalue weighted by molar-refractivity contribution is 7.99. The van der Waals surface area contributed by atoms with Gasteiger partial charge in [0, 0.05) is 20.7 Å². The second-order valence-electron chi connectivity index (χ2n) is 8.82. The van der Waals surface area contributed by atoms with Gasteiger partial charge in [-0.1, -0.05) is 54.1 Å². The van der Waals surface area contributed by atoms with Gasteiger partial charge in [0.25, 0.3) is 0 Å². The van der Waals surface area contributed by atoms with Crippen molar-refractivity contribution in [1.82, 2.24) is 0 Å². The lowest BCUT2D eigenvalue weighted by Crippen LogP contribution is -2.10. The minimum atomic E-state index is -4.44. The van der Waals surface area contributed by atoms with Crippen LogP contribution in [0, 0.1) is 12.7 Å². The summed E-state index contributed by atoms with van der Waals surface area (Å²) in [4.78, 5) is 11.7. The summed E-state index contributed by atoms with van der Waals surface area (Å²) >= 11 is 7.78. The number of carboxylic acid groups (broad SMARTS) is 1. The van der Waals surface area contributed by atoms with E-state index in [2.05, 4.69) is 0 Å². The first-order valence-electron chi connectivity index (χ1n) is 11.8. The molecule has 1 N–H and O–H groups in total. The van der Waals surface area contributed by atoms with Gasteiger partial charge in [-0.25, -0.2) is 9.18 Å². The van der Waals surface area contributed by atoms with Gasteiger partial charge in [-0.2, -0.15) is 13.2 Å². The predicted octanol–water partition coefficient (Wildman–Crippen LogP) is 9.01. The maximum absolute atomic E-state index is 14.7. The molecule has 0 heterocycles. The molecule has 4 aromatic carbocycles. The monoisotopic (exact) mass is 574 g/mol. The predicted molar refractivity (Wildman–Crippen MR) is 145 cm³/mol. The number of ether oxygens (including phenoxy) is 1. The zero-order valence-corrected chi connectivity index (χ0v) is 22.2. The Kier molecular flexibility index (Phi) is 8.87. The Labute approximate surface area is 232 Å². The van der Waals surface area contributed by atoms with Gasteiger partial charge in [0.1, 0.15) is 11.6 Å². The molecule has 9 heteroatoms. The van der Waals surface area contributed by atoms with Crippen molar-refractivity contribution < 1.29 is 32.2 Å². The van der Waals surface area contributed by atoms with Crippen molar-refractivity contribution in [3.8, 4) is 16.9 Å². The van der Waals surface area contributed by atoms with E-state index < -0.39 is 30.1 Å². The molecule has 1 unspecified atom stereocenters. The summed E-state index contributed by atoms with van der Waals surface area (Å²) in [6.45, 7) is 1.34. The molecule has 0 aliphatic heterocycles. The van der Waals surface area contributed by atoms with Crippen LogP contribution in [0.2, 0.25) is 5.02 Å². The van der Waals surface area contributed by atoms with Crippen molar-refractivity contribution in [3.63, 3.8) is 0 Å². The summed E-state index contributed by atoms with van der Waals surface area (Å²) in [6, 6.07) is 22.1. The lowest BCUT2D eigenvalue weighted by Gasteiger charge is -2.20. The fourth-order valence-electron chi connectivity index (χ4n) is 4.07. The number of aryl methyl sites for hydroxylation is 1. The quantitative estimate of drug-likeness (QED) is 0.160. The number of hydrogen-bond donors (Lipinski definition) is 1. The number of benzene rings is 4. The summed E-state index contributed by atoms with van der Waals surface area (Å²) in [5.41, 5.74) is 2.26. The average molecular weight is 575 g/mol. The molecule has 3 nitrogen and oxygen atoms in total. The van der Waals surface area contributed by atoms with Crippen LogP contribution in [-0.2, 0) is 17.4 Å². The van der Waals surface area contributed by atoms with Crippen molar-refractivity contribution >= 4 is 29.3 Å². The molecule has 4 rings (SSSR count). The summed E-state index contributed by atoms with van der Waals surface area (Å²) < 4.78 is 59.6. The Morgan fingerprint density at radius 2 is 1.69 bits per heavy atom. The van der Waals surface area contributed by atoms with Crippen LogP contribution in [0.1, 0.15) is 27.5 Å². The number of halogens is 5. The largest absolute Gasteiger partial charge is 0.482 e. The SMILES string of the molecule is Cc1cc(SC(Cc2c(F)cccc2Cl)c2ccc(-c3cccc(C(F)(F)F)c3)cc2)ccc1OCC(=O)O. The Bertz CT molecular complexity index is 1450. The molecule has 202 valence electrons. The lowest BCUT2D eigenvalue weighted by molar-refractivity contribution is -0.139. The van der Waals surface area contributed by atoms with Gasteiger partial charge in [0.15, 0.2) is 6.61 Å². The zero-order chi connectivity index (χ0) is 28.2. The Balaban J connectivity index is 1.65. The average Bonchev–Trinajstić information content (AvgIpc) is 2.89. The Hall–Kier alpha value is -3.49. The number of hydrogen-bond acceptors (Lipinski definition) is 3. The first-order chi connectivity index (χ1) is 18.5. The van der Waals surface area contributed by atoms with Gasteiger partial charge in [-0.15, -0.1) is 11.8 Å². The highest BCUT2D eigenvalue weighted by Crippen LogP contribution is 2.41. The van der Waals surface area contributed by atoms with Crippen LogP contribution in [0.3, 0.4) is 0 Å². The van der Waals surface area contributed by atoms with Crippen molar-refractivity contribution in [1.29, 1.82) is 0 Å². The molecule has 1 atom stereocenters. The highest BCUT2D eigenvalue weighted by atomic mass is 35.5. The molecule has 39 heavy (non-hydrogen) atoms. The number of rotatable bonds is 9. The number of aliphatic carboxylic acids is 1. The Morgan fingerprint density at radius 1 is 0.974 bits per heavy atom. The van der Waals surface area contributed by atoms with Crippen molar-refractivity contribution in [2.75, 3.05) is 6.61 Å². The molecule has 0 aliphatic carbocycles. The Morgan fingerprint density at radius 3 is 2.33 bits per heavy atom. The second-order valence-corrected chi connectivity index (χ2v) is 10.5. The molecule has 0 amide bonds. The normalized spacial score (nSPS) is 12.3. The topological polar surface area (TPSA) is 46.5 Å². The van der Waals surface area contributed by atoms with Crippen LogP contribution in [-0.4, -0.2) is 17.7 Å². The third-order valence-electron chi connectivity index (χ3n) is 6.03. The van der Waals surface area contributed by atoms with E-state index in [-0.39, 0.29) is 11.7 Å². The third kappa shape index (κ3) is 7.34. The first kappa shape index (κ1) is 28.5. The number of alkyl halides is 3. The molecule has 0 aliphatic rings. The summed E-state index contributed by atoms with van der Waals surface area (Å²) in [5, 5.41) is 8.88. The summed E-state index contributed by atoms with van der Waals surface area (Å²) in [6.07, 6.45) is -4.18. The summed E-state index contributed by atoms with van der Waals surface area (Å²) in [5.74, 6) is -1.06. The molecular formula is C30H23ClF4O3S. The van der Waals surface area contributed by atoms with Crippen LogP contribution in [0.4, 0.5) is 17.6 Å². The van der Waals surface area contributed by atoms with Gasteiger partial charge >= 0.3 is 12.1 Å².